The maximum Gasteiger partial charge on any atom is 0.261 e. The first-order chi connectivity index (χ1) is 13.7. The Kier molecular flexibility index (Phi) is 5.65. The topological polar surface area (TPSA) is 75.3 Å². The van der Waals surface area contributed by atoms with Gasteiger partial charge >= 0.3 is 0 Å². The molecule has 0 spiro atoms. The van der Waals surface area contributed by atoms with Crippen LogP contribution in [0.1, 0.15) is 21.5 Å². The molecule has 29 heavy (non-hydrogen) atoms. The predicted molar refractivity (Wildman–Crippen MR) is 107 cm³/mol. The highest BCUT2D eigenvalue weighted by Crippen LogP contribution is 2.22. The van der Waals surface area contributed by atoms with E-state index in [0.717, 1.165) is 17.7 Å². The number of carbonyl (C=O) groups excluding carboxylic acids is 1. The normalized spacial score (nSPS) is 11.2. The lowest BCUT2D eigenvalue weighted by Gasteiger charge is -2.12. The summed E-state index contributed by atoms with van der Waals surface area (Å²) >= 11 is 0. The molecular weight excluding hydrogens is 398 g/mol. The Morgan fingerprint density at radius 2 is 1.69 bits per heavy atom. The molecule has 3 rings (SSSR count). The van der Waals surface area contributed by atoms with E-state index in [-0.39, 0.29) is 16.1 Å². The van der Waals surface area contributed by atoms with Crippen LogP contribution in [-0.2, 0) is 10.0 Å². The summed E-state index contributed by atoms with van der Waals surface area (Å²) in [6.07, 6.45) is 0. The van der Waals surface area contributed by atoms with Crippen LogP contribution in [0.4, 0.5) is 20.2 Å². The molecule has 1 amide bonds. The molecule has 5 nitrogen and oxygen atoms in total. The highest BCUT2D eigenvalue weighted by atomic mass is 32.2. The molecule has 0 aromatic heterocycles. The van der Waals surface area contributed by atoms with E-state index in [1.165, 1.54) is 18.2 Å². The summed E-state index contributed by atoms with van der Waals surface area (Å²) in [5.41, 5.74) is 1.63. The van der Waals surface area contributed by atoms with Crippen molar-refractivity contribution < 1.29 is 22.0 Å². The van der Waals surface area contributed by atoms with E-state index in [9.17, 15) is 22.0 Å². The predicted octanol–water partition coefficient (Wildman–Crippen LogP) is 4.63. The molecule has 3 aromatic carbocycles. The van der Waals surface area contributed by atoms with Crippen LogP contribution in [-0.4, -0.2) is 14.3 Å². The average Bonchev–Trinajstić information content (AvgIpc) is 2.63. The summed E-state index contributed by atoms with van der Waals surface area (Å²) in [6.45, 7) is 3.46. The number of hydrogen-bond acceptors (Lipinski definition) is 3. The molecular formula is C21H18F2N2O3S. The van der Waals surface area contributed by atoms with Gasteiger partial charge in [-0.1, -0.05) is 18.2 Å². The molecule has 2 N–H and O–H groups in total. The molecule has 0 atom stereocenters. The van der Waals surface area contributed by atoms with Gasteiger partial charge in [0.05, 0.1) is 10.6 Å². The second-order valence-electron chi connectivity index (χ2n) is 6.53. The number of rotatable bonds is 5. The van der Waals surface area contributed by atoms with Crippen molar-refractivity contribution in [2.45, 2.75) is 18.7 Å². The number of aryl methyl sites for hydroxylation is 2. The lowest BCUT2D eigenvalue weighted by atomic mass is 10.1. The third kappa shape index (κ3) is 4.78. The standard InChI is InChI=1S/C21H18F2N2O3S/c1-13-4-3-5-16(10-13)25-29(27,28)17-8-6-14(2)18(12-17)21(26)24-20-9-7-15(22)11-19(20)23/h3-12,25H,1-2H3,(H,24,26). The number of sulfonamides is 1. The van der Waals surface area contributed by atoms with Crippen LogP contribution in [0.25, 0.3) is 0 Å². The number of nitrogens with one attached hydrogen (secondary N) is 2. The summed E-state index contributed by atoms with van der Waals surface area (Å²) in [5.74, 6) is -2.41. The van der Waals surface area contributed by atoms with Crippen molar-refractivity contribution in [2.24, 2.45) is 0 Å². The number of hydrogen-bond donors (Lipinski definition) is 2. The second-order valence-corrected chi connectivity index (χ2v) is 8.21. The van der Waals surface area contributed by atoms with E-state index >= 15 is 0 Å². The Hall–Kier alpha value is -3.26. The fourth-order valence-electron chi connectivity index (χ4n) is 2.72. The second kappa shape index (κ2) is 8.00. The Morgan fingerprint density at radius 1 is 0.931 bits per heavy atom. The number of halogens is 2. The Labute approximate surface area is 167 Å². The molecule has 0 heterocycles. The van der Waals surface area contributed by atoms with E-state index in [2.05, 4.69) is 10.0 Å². The van der Waals surface area contributed by atoms with E-state index < -0.39 is 27.6 Å². The van der Waals surface area contributed by atoms with E-state index in [1.807, 2.05) is 13.0 Å². The van der Waals surface area contributed by atoms with Gasteiger partial charge < -0.3 is 5.32 Å². The van der Waals surface area contributed by atoms with Crippen molar-refractivity contribution in [1.29, 1.82) is 0 Å². The Bertz CT molecular complexity index is 1190. The molecule has 150 valence electrons. The van der Waals surface area contributed by atoms with Crippen molar-refractivity contribution in [1.82, 2.24) is 0 Å². The maximum absolute atomic E-state index is 13.8. The third-order valence-electron chi connectivity index (χ3n) is 4.21. The summed E-state index contributed by atoms with van der Waals surface area (Å²) in [4.78, 5) is 12.5. The molecule has 3 aromatic rings. The zero-order valence-corrected chi connectivity index (χ0v) is 16.5. The van der Waals surface area contributed by atoms with Crippen LogP contribution in [0.3, 0.4) is 0 Å². The monoisotopic (exact) mass is 416 g/mol. The highest BCUT2D eigenvalue weighted by molar-refractivity contribution is 7.92. The van der Waals surface area contributed by atoms with Gasteiger partial charge in [-0.05, 0) is 61.4 Å². The first-order valence-corrected chi connectivity index (χ1v) is 10.1. The minimum atomic E-state index is -3.94. The van der Waals surface area contributed by atoms with Gasteiger partial charge in [-0.15, -0.1) is 0 Å². The van der Waals surface area contributed by atoms with Crippen molar-refractivity contribution in [3.8, 4) is 0 Å². The van der Waals surface area contributed by atoms with Gasteiger partial charge in [0.15, 0.2) is 0 Å². The Morgan fingerprint density at radius 3 is 2.38 bits per heavy atom. The number of benzene rings is 3. The van der Waals surface area contributed by atoms with Crippen LogP contribution < -0.4 is 10.0 Å². The quantitative estimate of drug-likeness (QED) is 0.637. The molecule has 0 aliphatic carbocycles. The zero-order valence-electron chi connectivity index (χ0n) is 15.7. The van der Waals surface area contributed by atoms with Gasteiger partial charge in [-0.3, -0.25) is 9.52 Å². The summed E-state index contributed by atoms with van der Waals surface area (Å²) < 4.78 is 54.7. The van der Waals surface area contributed by atoms with Gasteiger partial charge in [0.1, 0.15) is 11.6 Å². The van der Waals surface area contributed by atoms with Gasteiger partial charge in [0.25, 0.3) is 15.9 Å². The van der Waals surface area contributed by atoms with E-state index in [0.29, 0.717) is 17.3 Å². The molecule has 0 bridgehead atoms. The van der Waals surface area contributed by atoms with Crippen LogP contribution in [0.2, 0.25) is 0 Å². The van der Waals surface area contributed by atoms with E-state index in [1.54, 1.807) is 25.1 Å². The van der Waals surface area contributed by atoms with Crippen molar-refractivity contribution in [2.75, 3.05) is 10.0 Å². The van der Waals surface area contributed by atoms with Crippen molar-refractivity contribution >= 4 is 27.3 Å². The fraction of sp³-hybridized carbons (Fsp3) is 0.0952. The van der Waals surface area contributed by atoms with Crippen LogP contribution in [0.5, 0.6) is 0 Å². The Balaban J connectivity index is 1.89. The molecule has 0 unspecified atom stereocenters. The van der Waals surface area contributed by atoms with Crippen LogP contribution in [0, 0.1) is 25.5 Å². The maximum atomic E-state index is 13.8. The smallest absolute Gasteiger partial charge is 0.261 e. The lowest BCUT2D eigenvalue weighted by Crippen LogP contribution is -2.17. The van der Waals surface area contributed by atoms with E-state index in [4.69, 9.17) is 0 Å². The molecule has 0 aliphatic rings. The van der Waals surface area contributed by atoms with Crippen LogP contribution >= 0.6 is 0 Å². The zero-order chi connectivity index (χ0) is 21.2. The number of anilines is 2. The summed E-state index contributed by atoms with van der Waals surface area (Å²) in [7, 11) is -3.94. The number of amides is 1. The lowest BCUT2D eigenvalue weighted by molar-refractivity contribution is 0.102. The molecule has 0 fully saturated rings. The average molecular weight is 416 g/mol. The molecule has 8 heteroatoms. The fourth-order valence-corrected chi connectivity index (χ4v) is 3.79. The van der Waals surface area contributed by atoms with Gasteiger partial charge in [0, 0.05) is 17.3 Å². The molecule has 0 saturated carbocycles. The first-order valence-electron chi connectivity index (χ1n) is 8.62. The molecule has 0 radical (unpaired) electrons. The molecule has 0 saturated heterocycles. The molecule has 0 aliphatic heterocycles. The summed E-state index contributed by atoms with van der Waals surface area (Å²) in [6, 6.07) is 13.7. The van der Waals surface area contributed by atoms with Crippen molar-refractivity contribution in [3.63, 3.8) is 0 Å². The van der Waals surface area contributed by atoms with Gasteiger partial charge in [-0.25, -0.2) is 17.2 Å². The highest BCUT2D eigenvalue weighted by Gasteiger charge is 2.19. The summed E-state index contributed by atoms with van der Waals surface area (Å²) in [5, 5.41) is 2.33. The number of carbonyl (C=O) groups is 1. The van der Waals surface area contributed by atoms with Gasteiger partial charge in [-0.2, -0.15) is 0 Å². The minimum Gasteiger partial charge on any atom is -0.319 e. The minimum absolute atomic E-state index is 0.0563. The van der Waals surface area contributed by atoms with Crippen molar-refractivity contribution in [3.05, 3.63) is 89.0 Å². The third-order valence-corrected chi connectivity index (χ3v) is 5.59. The van der Waals surface area contributed by atoms with Crippen LogP contribution in [0.15, 0.2) is 65.6 Å². The van der Waals surface area contributed by atoms with Gasteiger partial charge in [0.2, 0.25) is 0 Å². The SMILES string of the molecule is Cc1cccc(NS(=O)(=O)c2ccc(C)c(C(=O)Nc3ccc(F)cc3F)c2)c1. The first kappa shape index (κ1) is 20.5. The largest absolute Gasteiger partial charge is 0.319 e.